The third kappa shape index (κ3) is 6.32. The molecule has 0 aromatic carbocycles. The number of amides is 1. The first-order valence-electron chi connectivity index (χ1n) is 6.24. The van der Waals surface area contributed by atoms with E-state index >= 15 is 0 Å². The Balaban J connectivity index is 0.00000361. The van der Waals surface area contributed by atoms with Crippen LogP contribution >= 0.6 is 24.0 Å². The minimum absolute atomic E-state index is 0. The molecular formula is C13H23IN4O2. The van der Waals surface area contributed by atoms with Gasteiger partial charge in [0, 0.05) is 20.1 Å². The van der Waals surface area contributed by atoms with Crippen molar-refractivity contribution < 1.29 is 9.53 Å². The van der Waals surface area contributed by atoms with Gasteiger partial charge in [-0.15, -0.1) is 30.4 Å². The number of rotatable bonds is 2. The zero-order valence-electron chi connectivity index (χ0n) is 12.4. The maximum Gasteiger partial charge on any atom is 0.410 e. The van der Waals surface area contributed by atoms with Gasteiger partial charge in [0.1, 0.15) is 5.60 Å². The summed E-state index contributed by atoms with van der Waals surface area (Å²) in [6.45, 7) is 7.18. The van der Waals surface area contributed by atoms with Crippen LogP contribution in [0.4, 0.5) is 4.79 Å². The van der Waals surface area contributed by atoms with Crippen molar-refractivity contribution in [2.24, 2.45) is 4.99 Å². The standard InChI is InChI=1S/C13H22N4O2.HI/c1-6-7-15-11(14-5)16-10-8-17(9-10)12(18)19-13(2,3)4;/h1,10H,7-9H2,2-5H3,(H2,14,15,16);1H. The van der Waals surface area contributed by atoms with Crippen molar-refractivity contribution in [3.63, 3.8) is 0 Å². The van der Waals surface area contributed by atoms with E-state index < -0.39 is 5.60 Å². The maximum atomic E-state index is 11.7. The van der Waals surface area contributed by atoms with Crippen LogP contribution in [0.25, 0.3) is 0 Å². The van der Waals surface area contributed by atoms with Crippen LogP contribution in [0.2, 0.25) is 0 Å². The summed E-state index contributed by atoms with van der Waals surface area (Å²) < 4.78 is 5.27. The van der Waals surface area contributed by atoms with Gasteiger partial charge in [0.2, 0.25) is 0 Å². The molecule has 0 aromatic rings. The van der Waals surface area contributed by atoms with Crippen molar-refractivity contribution in [3.8, 4) is 12.3 Å². The number of nitrogens with one attached hydrogen (secondary N) is 2. The fourth-order valence-corrected chi connectivity index (χ4v) is 1.57. The molecule has 1 saturated heterocycles. The van der Waals surface area contributed by atoms with Crippen LogP contribution in [0, 0.1) is 12.3 Å². The lowest BCUT2D eigenvalue weighted by molar-refractivity contribution is 0.00702. The molecule has 1 aliphatic heterocycles. The third-order valence-electron chi connectivity index (χ3n) is 2.46. The molecule has 2 N–H and O–H groups in total. The van der Waals surface area contributed by atoms with E-state index in [1.165, 1.54) is 0 Å². The van der Waals surface area contributed by atoms with Crippen molar-refractivity contribution in [2.45, 2.75) is 32.4 Å². The van der Waals surface area contributed by atoms with Gasteiger partial charge < -0.3 is 20.3 Å². The predicted molar refractivity (Wildman–Crippen MR) is 90.3 cm³/mol. The molecule has 1 rings (SSSR count). The third-order valence-corrected chi connectivity index (χ3v) is 2.46. The van der Waals surface area contributed by atoms with E-state index in [0.717, 1.165) is 0 Å². The highest BCUT2D eigenvalue weighted by molar-refractivity contribution is 14.0. The van der Waals surface area contributed by atoms with Gasteiger partial charge in [-0.25, -0.2) is 4.79 Å². The molecule has 1 amide bonds. The monoisotopic (exact) mass is 394 g/mol. The normalized spacial score (nSPS) is 15.6. The van der Waals surface area contributed by atoms with Crippen LogP contribution in [0.1, 0.15) is 20.8 Å². The first kappa shape index (κ1) is 18.8. The molecule has 20 heavy (non-hydrogen) atoms. The molecule has 1 heterocycles. The number of ether oxygens (including phenoxy) is 1. The molecule has 0 radical (unpaired) electrons. The van der Waals surface area contributed by atoms with Gasteiger partial charge in [0.15, 0.2) is 5.96 Å². The lowest BCUT2D eigenvalue weighted by Crippen LogP contribution is -2.63. The van der Waals surface area contributed by atoms with Crippen molar-refractivity contribution in [3.05, 3.63) is 0 Å². The van der Waals surface area contributed by atoms with Crippen LogP contribution in [0.3, 0.4) is 0 Å². The van der Waals surface area contributed by atoms with E-state index in [0.29, 0.717) is 25.6 Å². The summed E-state index contributed by atoms with van der Waals surface area (Å²) in [7, 11) is 1.68. The molecule has 0 atom stereocenters. The number of carbonyl (C=O) groups excluding carboxylic acids is 1. The molecule has 0 saturated carbocycles. The van der Waals surface area contributed by atoms with E-state index in [2.05, 4.69) is 21.5 Å². The Morgan fingerprint density at radius 2 is 2.10 bits per heavy atom. The first-order valence-corrected chi connectivity index (χ1v) is 6.24. The predicted octanol–water partition coefficient (Wildman–Crippen LogP) is 1.02. The van der Waals surface area contributed by atoms with Crippen molar-refractivity contribution in [2.75, 3.05) is 26.7 Å². The molecule has 6 nitrogen and oxygen atoms in total. The minimum Gasteiger partial charge on any atom is -0.444 e. The number of terminal acetylenes is 1. The summed E-state index contributed by atoms with van der Waals surface area (Å²) in [5.74, 6) is 3.12. The van der Waals surface area contributed by atoms with E-state index in [4.69, 9.17) is 11.2 Å². The number of likely N-dealkylation sites (tertiary alicyclic amines) is 1. The van der Waals surface area contributed by atoms with Crippen LogP contribution in [-0.2, 0) is 4.74 Å². The second-order valence-electron chi connectivity index (χ2n) is 5.36. The van der Waals surface area contributed by atoms with Gasteiger partial charge in [-0.05, 0) is 20.8 Å². The van der Waals surface area contributed by atoms with Gasteiger partial charge >= 0.3 is 6.09 Å². The number of nitrogens with zero attached hydrogens (tertiary/aromatic N) is 2. The summed E-state index contributed by atoms with van der Waals surface area (Å²) in [5.41, 5.74) is -0.458. The Bertz CT molecular complexity index is 392. The topological polar surface area (TPSA) is 66.0 Å². The highest BCUT2D eigenvalue weighted by Gasteiger charge is 2.33. The van der Waals surface area contributed by atoms with E-state index in [-0.39, 0.29) is 36.1 Å². The number of hydrogen-bond acceptors (Lipinski definition) is 3. The number of halogens is 1. The lowest BCUT2D eigenvalue weighted by atomic mass is 10.1. The number of hydrogen-bond donors (Lipinski definition) is 2. The van der Waals surface area contributed by atoms with Crippen LogP contribution in [0.15, 0.2) is 4.99 Å². The number of guanidine groups is 1. The second kappa shape index (κ2) is 8.19. The van der Waals surface area contributed by atoms with Gasteiger partial charge in [-0.1, -0.05) is 5.92 Å². The highest BCUT2D eigenvalue weighted by Crippen LogP contribution is 2.14. The summed E-state index contributed by atoms with van der Waals surface area (Å²) in [6.07, 6.45) is 4.88. The fourth-order valence-electron chi connectivity index (χ4n) is 1.57. The van der Waals surface area contributed by atoms with Gasteiger partial charge in [0.05, 0.1) is 12.6 Å². The summed E-state index contributed by atoms with van der Waals surface area (Å²) >= 11 is 0. The van der Waals surface area contributed by atoms with E-state index in [9.17, 15) is 4.79 Å². The largest absolute Gasteiger partial charge is 0.444 e. The summed E-state index contributed by atoms with van der Waals surface area (Å²) in [6, 6.07) is 0.177. The van der Waals surface area contributed by atoms with Crippen molar-refractivity contribution >= 4 is 36.0 Å². The average molecular weight is 394 g/mol. The number of carbonyl (C=O) groups is 1. The molecule has 7 heteroatoms. The molecule has 0 spiro atoms. The maximum absolute atomic E-state index is 11.7. The summed E-state index contributed by atoms with van der Waals surface area (Å²) in [4.78, 5) is 17.4. The highest BCUT2D eigenvalue weighted by atomic mass is 127. The Morgan fingerprint density at radius 1 is 1.50 bits per heavy atom. The zero-order valence-corrected chi connectivity index (χ0v) is 14.7. The molecule has 114 valence electrons. The first-order chi connectivity index (χ1) is 8.85. The SMILES string of the molecule is C#CCNC(=NC)NC1CN(C(=O)OC(C)(C)C)C1.I. The van der Waals surface area contributed by atoms with Crippen LogP contribution < -0.4 is 10.6 Å². The van der Waals surface area contributed by atoms with Crippen LogP contribution in [-0.4, -0.2) is 55.3 Å². The minimum atomic E-state index is -0.458. The summed E-state index contributed by atoms with van der Waals surface area (Å²) in [5, 5.41) is 6.15. The van der Waals surface area contributed by atoms with Crippen molar-refractivity contribution in [1.29, 1.82) is 0 Å². The molecule has 1 aliphatic rings. The van der Waals surface area contributed by atoms with Gasteiger partial charge in [-0.2, -0.15) is 0 Å². The Kier molecular flexibility index (Phi) is 7.71. The molecule has 0 aromatic heterocycles. The molecular weight excluding hydrogens is 371 g/mol. The Hall–Kier alpha value is -1.17. The average Bonchev–Trinajstić information content (AvgIpc) is 2.24. The Morgan fingerprint density at radius 3 is 2.55 bits per heavy atom. The second-order valence-corrected chi connectivity index (χ2v) is 5.36. The lowest BCUT2D eigenvalue weighted by Gasteiger charge is -2.40. The molecule has 0 aliphatic carbocycles. The van der Waals surface area contributed by atoms with Gasteiger partial charge in [0.25, 0.3) is 0 Å². The van der Waals surface area contributed by atoms with E-state index in [1.807, 2.05) is 20.8 Å². The van der Waals surface area contributed by atoms with Gasteiger partial charge in [-0.3, -0.25) is 4.99 Å². The molecule has 1 fully saturated rings. The fraction of sp³-hybridized carbons (Fsp3) is 0.692. The number of aliphatic imine (C=N–C) groups is 1. The molecule has 0 bridgehead atoms. The zero-order chi connectivity index (χ0) is 14.5. The van der Waals surface area contributed by atoms with E-state index in [1.54, 1.807) is 11.9 Å². The molecule has 0 unspecified atom stereocenters. The quantitative estimate of drug-likeness (QED) is 0.318. The van der Waals surface area contributed by atoms with Crippen molar-refractivity contribution in [1.82, 2.24) is 15.5 Å². The van der Waals surface area contributed by atoms with Crippen LogP contribution in [0.5, 0.6) is 0 Å². The Labute approximate surface area is 137 Å². The smallest absolute Gasteiger partial charge is 0.410 e.